The first-order valence-corrected chi connectivity index (χ1v) is 13.6. The van der Waals surface area contributed by atoms with Crippen LogP contribution in [0.15, 0.2) is 84.9 Å². The molecule has 1 amide bonds. The van der Waals surface area contributed by atoms with Crippen molar-refractivity contribution in [3.63, 3.8) is 0 Å². The van der Waals surface area contributed by atoms with Gasteiger partial charge in [0.05, 0.1) is 28.3 Å². The Morgan fingerprint density at radius 1 is 0.714 bits per heavy atom. The summed E-state index contributed by atoms with van der Waals surface area (Å²) in [7, 11) is 0. The van der Waals surface area contributed by atoms with Crippen LogP contribution in [0, 0.1) is 0 Å². The van der Waals surface area contributed by atoms with Crippen molar-refractivity contribution in [1.82, 2.24) is 4.90 Å². The van der Waals surface area contributed by atoms with E-state index in [0.29, 0.717) is 11.4 Å². The number of carbonyl (C=O) groups is 4. The van der Waals surface area contributed by atoms with E-state index in [4.69, 9.17) is 11.6 Å². The van der Waals surface area contributed by atoms with Crippen molar-refractivity contribution in [1.29, 1.82) is 0 Å². The lowest BCUT2D eigenvalue weighted by Gasteiger charge is -2.36. The van der Waals surface area contributed by atoms with Crippen LogP contribution < -0.4 is 0 Å². The van der Waals surface area contributed by atoms with Crippen molar-refractivity contribution in [3.05, 3.63) is 129 Å². The number of hydrogen-bond acceptors (Lipinski definition) is 4. The zero-order chi connectivity index (χ0) is 30.0. The van der Waals surface area contributed by atoms with E-state index in [0.717, 1.165) is 52.8 Å². The van der Waals surface area contributed by atoms with Crippen LogP contribution in [0.3, 0.4) is 0 Å². The van der Waals surface area contributed by atoms with Crippen LogP contribution in [0.2, 0.25) is 5.02 Å². The van der Waals surface area contributed by atoms with Gasteiger partial charge in [0.1, 0.15) is 0 Å². The molecular formula is C33H26ClNO7. The van der Waals surface area contributed by atoms with Crippen LogP contribution >= 0.6 is 11.6 Å². The van der Waals surface area contributed by atoms with E-state index in [9.17, 15) is 34.5 Å². The van der Waals surface area contributed by atoms with Gasteiger partial charge in [-0.15, -0.1) is 0 Å². The molecule has 0 saturated carbocycles. The predicted molar refractivity (Wildman–Crippen MR) is 156 cm³/mol. The molecule has 3 N–H and O–H groups in total. The molecule has 1 atom stereocenters. The minimum absolute atomic E-state index is 0.112. The SMILES string of the molecule is O=C(O)c1cc(C(=O)O)c(C(=O)N(Cc2ccc(-c3ccc(Cl)cc3)cc2)[C@H]2CCCc3ccccc32)cc1C(=O)O. The number of amides is 1. The third-order valence-corrected chi connectivity index (χ3v) is 7.79. The molecule has 42 heavy (non-hydrogen) atoms. The molecular weight excluding hydrogens is 558 g/mol. The fraction of sp³-hybridized carbons (Fsp3) is 0.152. The van der Waals surface area contributed by atoms with E-state index in [2.05, 4.69) is 0 Å². The highest BCUT2D eigenvalue weighted by Gasteiger charge is 2.33. The lowest BCUT2D eigenvalue weighted by atomic mass is 9.86. The maximum absolute atomic E-state index is 14.3. The third kappa shape index (κ3) is 5.75. The van der Waals surface area contributed by atoms with Gasteiger partial charge in [-0.3, -0.25) is 4.79 Å². The molecule has 0 fully saturated rings. The van der Waals surface area contributed by atoms with Gasteiger partial charge in [0.15, 0.2) is 0 Å². The summed E-state index contributed by atoms with van der Waals surface area (Å²) in [5, 5.41) is 29.8. The standard InChI is InChI=1S/C33H26ClNO7/c34-23-14-12-21(13-15-23)20-10-8-19(9-11-20)18-35(29-7-3-5-22-4-1-2-6-24(22)29)30(36)25-16-27(32(39)40)28(33(41)42)17-26(25)31(37)38/h1-2,4,6,8-17,29H,3,5,7,18H2,(H,37,38)(H,39,40)(H,41,42)/t29-/m0/s1. The highest BCUT2D eigenvalue weighted by molar-refractivity contribution is 6.30. The monoisotopic (exact) mass is 583 g/mol. The number of carboxylic acids is 3. The second-order valence-electron chi connectivity index (χ2n) is 10.1. The van der Waals surface area contributed by atoms with Gasteiger partial charge in [0.2, 0.25) is 0 Å². The summed E-state index contributed by atoms with van der Waals surface area (Å²) in [5.41, 5.74) is 2.38. The first-order chi connectivity index (χ1) is 20.1. The molecule has 8 nitrogen and oxygen atoms in total. The third-order valence-electron chi connectivity index (χ3n) is 7.54. The zero-order valence-corrected chi connectivity index (χ0v) is 23.0. The van der Waals surface area contributed by atoms with E-state index in [-0.39, 0.29) is 12.1 Å². The number of fused-ring (bicyclic) bond motifs is 1. The van der Waals surface area contributed by atoms with Crippen LogP contribution in [-0.2, 0) is 13.0 Å². The van der Waals surface area contributed by atoms with Gasteiger partial charge in [-0.25, -0.2) is 14.4 Å². The van der Waals surface area contributed by atoms with Crippen LogP contribution in [-0.4, -0.2) is 44.0 Å². The minimum Gasteiger partial charge on any atom is -0.478 e. The Morgan fingerprint density at radius 3 is 1.83 bits per heavy atom. The number of nitrogens with zero attached hydrogens (tertiary/aromatic N) is 1. The van der Waals surface area contributed by atoms with Gasteiger partial charge >= 0.3 is 17.9 Å². The second kappa shape index (κ2) is 11.9. The summed E-state index contributed by atoms with van der Waals surface area (Å²) >= 11 is 6.02. The van der Waals surface area contributed by atoms with Gasteiger partial charge in [-0.1, -0.05) is 72.3 Å². The number of benzene rings is 4. The van der Waals surface area contributed by atoms with Gasteiger partial charge in [-0.05, 0) is 71.3 Å². The molecule has 0 spiro atoms. The average Bonchev–Trinajstić information content (AvgIpc) is 2.99. The lowest BCUT2D eigenvalue weighted by molar-refractivity contribution is 0.0611. The first kappa shape index (κ1) is 28.6. The van der Waals surface area contributed by atoms with Crippen LogP contribution in [0.5, 0.6) is 0 Å². The molecule has 212 valence electrons. The Balaban J connectivity index is 1.60. The Hall–Kier alpha value is -4.95. The van der Waals surface area contributed by atoms with Gasteiger partial charge in [0, 0.05) is 11.6 Å². The van der Waals surface area contributed by atoms with Crippen molar-refractivity contribution in [2.75, 3.05) is 0 Å². The van der Waals surface area contributed by atoms with E-state index >= 15 is 0 Å². The number of rotatable bonds is 8. The van der Waals surface area contributed by atoms with Crippen LogP contribution in [0.1, 0.15) is 77.0 Å². The molecule has 0 aliphatic heterocycles. The Kier molecular flexibility index (Phi) is 8.08. The van der Waals surface area contributed by atoms with Crippen molar-refractivity contribution in [2.24, 2.45) is 0 Å². The van der Waals surface area contributed by atoms with Crippen molar-refractivity contribution in [2.45, 2.75) is 31.8 Å². The molecule has 0 saturated heterocycles. The van der Waals surface area contributed by atoms with Gasteiger partial charge in [-0.2, -0.15) is 0 Å². The largest absolute Gasteiger partial charge is 0.478 e. The molecule has 0 heterocycles. The summed E-state index contributed by atoms with van der Waals surface area (Å²) in [6.07, 6.45) is 2.25. The quantitative estimate of drug-likeness (QED) is 0.207. The van der Waals surface area contributed by atoms with E-state index in [1.165, 1.54) is 0 Å². The summed E-state index contributed by atoms with van der Waals surface area (Å²) in [4.78, 5) is 51.7. The van der Waals surface area contributed by atoms with Gasteiger partial charge in [0.25, 0.3) is 5.91 Å². The summed E-state index contributed by atoms with van der Waals surface area (Å²) in [6, 6.07) is 24.0. The highest BCUT2D eigenvalue weighted by atomic mass is 35.5. The number of hydrogen-bond donors (Lipinski definition) is 3. The molecule has 1 aliphatic rings. The molecule has 5 rings (SSSR count). The van der Waals surface area contributed by atoms with Crippen LogP contribution in [0.25, 0.3) is 11.1 Å². The highest BCUT2D eigenvalue weighted by Crippen LogP contribution is 2.37. The normalized spacial score (nSPS) is 14.1. The fourth-order valence-corrected chi connectivity index (χ4v) is 5.61. The number of carbonyl (C=O) groups excluding carboxylic acids is 1. The second-order valence-corrected chi connectivity index (χ2v) is 10.5. The summed E-state index contributed by atoms with van der Waals surface area (Å²) in [6.45, 7) is 0.112. The molecule has 0 aromatic heterocycles. The van der Waals surface area contributed by atoms with Crippen LogP contribution in [0.4, 0.5) is 0 Å². The number of halogens is 1. The maximum atomic E-state index is 14.3. The van der Waals surface area contributed by atoms with E-state index in [1.807, 2.05) is 60.7 Å². The lowest BCUT2D eigenvalue weighted by Crippen LogP contribution is -2.37. The fourth-order valence-electron chi connectivity index (χ4n) is 5.48. The number of carboxylic acid groups (broad SMARTS) is 3. The molecule has 1 aliphatic carbocycles. The number of aromatic carboxylic acids is 3. The Bertz CT molecular complexity index is 1700. The average molecular weight is 584 g/mol. The Morgan fingerprint density at radius 2 is 1.24 bits per heavy atom. The summed E-state index contributed by atoms with van der Waals surface area (Å²) < 4.78 is 0. The Labute approximate surface area is 246 Å². The smallest absolute Gasteiger partial charge is 0.336 e. The predicted octanol–water partition coefficient (Wildman–Crippen LogP) is 6.82. The molecule has 9 heteroatoms. The minimum atomic E-state index is -1.60. The zero-order valence-electron chi connectivity index (χ0n) is 22.3. The molecule has 0 radical (unpaired) electrons. The van der Waals surface area contributed by atoms with E-state index < -0.39 is 46.5 Å². The molecule has 0 unspecified atom stereocenters. The van der Waals surface area contributed by atoms with Crippen molar-refractivity contribution < 1.29 is 34.5 Å². The van der Waals surface area contributed by atoms with Gasteiger partial charge < -0.3 is 20.2 Å². The summed E-state index contributed by atoms with van der Waals surface area (Å²) in [5.74, 6) is -5.41. The molecule has 4 aromatic carbocycles. The molecule has 0 bridgehead atoms. The van der Waals surface area contributed by atoms with Crippen molar-refractivity contribution in [3.8, 4) is 11.1 Å². The topological polar surface area (TPSA) is 132 Å². The van der Waals surface area contributed by atoms with Crippen molar-refractivity contribution >= 4 is 35.4 Å². The number of aryl methyl sites for hydroxylation is 1. The maximum Gasteiger partial charge on any atom is 0.336 e. The first-order valence-electron chi connectivity index (χ1n) is 13.3. The molecule has 4 aromatic rings. The van der Waals surface area contributed by atoms with E-state index in [1.54, 1.807) is 17.0 Å².